The summed E-state index contributed by atoms with van der Waals surface area (Å²) in [7, 11) is 0. The van der Waals surface area contributed by atoms with E-state index in [0.29, 0.717) is 14.5 Å². The van der Waals surface area contributed by atoms with Gasteiger partial charge in [-0.3, -0.25) is 0 Å². The van der Waals surface area contributed by atoms with Crippen molar-refractivity contribution in [3.05, 3.63) is 151 Å². The zero-order valence-corrected chi connectivity index (χ0v) is 25.8. The van der Waals surface area contributed by atoms with E-state index in [4.69, 9.17) is 0 Å². The van der Waals surface area contributed by atoms with Crippen LogP contribution in [-0.4, -0.2) is 14.5 Å². The van der Waals surface area contributed by atoms with Gasteiger partial charge in [0.15, 0.2) is 0 Å². The Morgan fingerprint density at radius 3 is 2.07 bits per heavy atom. The summed E-state index contributed by atoms with van der Waals surface area (Å²) in [5.74, 6) is 0. The van der Waals surface area contributed by atoms with E-state index < -0.39 is 0 Å². The average molecular weight is 615 g/mol. The maximum absolute atomic E-state index is 2.42. The van der Waals surface area contributed by atoms with Crippen molar-refractivity contribution in [2.75, 3.05) is 4.90 Å². The van der Waals surface area contributed by atoms with Crippen molar-refractivity contribution in [2.24, 2.45) is 0 Å². The molecule has 1 nitrogen and oxygen atoms in total. The molecule has 1 heterocycles. The first-order valence-corrected chi connectivity index (χ1v) is 16.7. The van der Waals surface area contributed by atoms with Gasteiger partial charge in [-0.1, -0.05) is 24.3 Å². The number of para-hydroxylation sites is 1. The summed E-state index contributed by atoms with van der Waals surface area (Å²) >= 11 is 0.309. The molecule has 0 atom stereocenters. The SMILES string of the molecule is CC1(C)c2ccccc2-c2ccc(N(c3ccccc3)c3ccc4c(ccc5ccc6c7ccccc7[se]c6c54)c3)cc21. The van der Waals surface area contributed by atoms with Gasteiger partial charge in [0.05, 0.1) is 0 Å². The summed E-state index contributed by atoms with van der Waals surface area (Å²) in [6, 6.07) is 51.9. The van der Waals surface area contributed by atoms with Crippen molar-refractivity contribution >= 4 is 72.4 Å². The number of fused-ring (bicyclic) bond motifs is 10. The molecular formula is C41H29NSe. The average Bonchev–Trinajstić information content (AvgIpc) is 3.54. The molecule has 0 spiro atoms. The van der Waals surface area contributed by atoms with E-state index in [1.807, 2.05) is 0 Å². The van der Waals surface area contributed by atoms with Gasteiger partial charge in [0.25, 0.3) is 0 Å². The maximum atomic E-state index is 2.42. The van der Waals surface area contributed by atoms with Crippen LogP contribution in [-0.2, 0) is 5.41 Å². The number of rotatable bonds is 3. The third-order valence-electron chi connectivity index (χ3n) is 9.42. The van der Waals surface area contributed by atoms with Crippen molar-refractivity contribution in [3.63, 3.8) is 0 Å². The predicted octanol–water partition coefficient (Wildman–Crippen LogP) is 11.1. The second-order valence-corrected chi connectivity index (χ2v) is 14.4. The molecule has 0 radical (unpaired) electrons. The Balaban J connectivity index is 1.25. The molecule has 0 N–H and O–H groups in total. The molecule has 204 valence electrons. The molecular weight excluding hydrogens is 585 g/mol. The Morgan fingerprint density at radius 1 is 0.488 bits per heavy atom. The Kier molecular flexibility index (Phi) is 5.33. The van der Waals surface area contributed by atoms with Crippen LogP contribution in [0.4, 0.5) is 17.1 Å². The van der Waals surface area contributed by atoms with Gasteiger partial charge in [0, 0.05) is 0 Å². The third kappa shape index (κ3) is 3.64. The minimum absolute atomic E-state index is 0.0493. The zero-order chi connectivity index (χ0) is 28.7. The molecule has 1 aliphatic carbocycles. The summed E-state index contributed by atoms with van der Waals surface area (Å²) in [5.41, 5.74) is 8.97. The second-order valence-electron chi connectivity index (χ2n) is 12.2. The molecule has 0 bridgehead atoms. The predicted molar refractivity (Wildman–Crippen MR) is 186 cm³/mol. The number of anilines is 3. The van der Waals surface area contributed by atoms with E-state index in [0.717, 1.165) is 5.69 Å². The van der Waals surface area contributed by atoms with Crippen molar-refractivity contribution in [2.45, 2.75) is 19.3 Å². The molecule has 43 heavy (non-hydrogen) atoms. The number of nitrogens with zero attached hydrogens (tertiary/aromatic N) is 1. The number of hydrogen-bond donors (Lipinski definition) is 0. The third-order valence-corrected chi connectivity index (χ3v) is 12.0. The van der Waals surface area contributed by atoms with E-state index in [1.165, 1.54) is 74.5 Å². The molecule has 0 saturated heterocycles. The van der Waals surface area contributed by atoms with Gasteiger partial charge in [-0.15, -0.1) is 0 Å². The molecule has 0 aliphatic heterocycles. The molecule has 0 unspecified atom stereocenters. The van der Waals surface area contributed by atoms with Crippen molar-refractivity contribution < 1.29 is 0 Å². The monoisotopic (exact) mass is 615 g/mol. The standard InChI is InChI=1S/C41H29NSe/c1-41(2)36-14-8-6-12-32(36)33-23-20-30(25-37(33)41)42(28-10-4-3-5-11-28)29-19-22-31-27(24-29)17-16-26-18-21-35-34-13-7-9-15-38(34)43-40(35)39(26)31/h3-25H,1-2H3. The Bertz CT molecular complexity index is 2380. The van der Waals surface area contributed by atoms with Crippen LogP contribution in [0.25, 0.3) is 52.0 Å². The fraction of sp³-hybridized carbons (Fsp3) is 0.0732. The molecule has 1 aromatic heterocycles. The summed E-state index contributed by atoms with van der Waals surface area (Å²) in [6.07, 6.45) is 0. The Labute approximate surface area is 257 Å². The molecule has 0 amide bonds. The molecule has 2 heteroatoms. The van der Waals surface area contributed by atoms with E-state index in [1.54, 1.807) is 0 Å². The second kappa shape index (κ2) is 9.19. The van der Waals surface area contributed by atoms with E-state index in [9.17, 15) is 0 Å². The molecule has 1 aliphatic rings. The van der Waals surface area contributed by atoms with Gasteiger partial charge in [0.2, 0.25) is 0 Å². The van der Waals surface area contributed by atoms with Crippen LogP contribution in [0.1, 0.15) is 25.0 Å². The summed E-state index contributed by atoms with van der Waals surface area (Å²) in [5, 5.41) is 8.18. The number of hydrogen-bond acceptors (Lipinski definition) is 1. The van der Waals surface area contributed by atoms with Gasteiger partial charge in [-0.05, 0) is 0 Å². The summed E-state index contributed by atoms with van der Waals surface area (Å²) < 4.78 is 3.01. The van der Waals surface area contributed by atoms with E-state index >= 15 is 0 Å². The van der Waals surface area contributed by atoms with Gasteiger partial charge < -0.3 is 0 Å². The first kappa shape index (κ1) is 24.9. The quantitative estimate of drug-likeness (QED) is 0.141. The molecule has 0 saturated carbocycles. The molecule has 7 aromatic carbocycles. The van der Waals surface area contributed by atoms with E-state index in [2.05, 4.69) is 158 Å². The topological polar surface area (TPSA) is 3.24 Å². The van der Waals surface area contributed by atoms with Crippen molar-refractivity contribution in [1.29, 1.82) is 0 Å². The number of benzene rings is 7. The fourth-order valence-electron chi connectivity index (χ4n) is 7.31. The molecule has 8 aromatic rings. The van der Waals surface area contributed by atoms with Gasteiger partial charge in [-0.2, -0.15) is 0 Å². The van der Waals surface area contributed by atoms with Crippen LogP contribution in [0.3, 0.4) is 0 Å². The van der Waals surface area contributed by atoms with Crippen LogP contribution in [0, 0.1) is 0 Å². The van der Waals surface area contributed by atoms with E-state index in [-0.39, 0.29) is 5.41 Å². The van der Waals surface area contributed by atoms with Crippen LogP contribution in [0.15, 0.2) is 140 Å². The fourth-order valence-corrected chi connectivity index (χ4v) is 9.98. The first-order chi connectivity index (χ1) is 21.1. The van der Waals surface area contributed by atoms with Crippen molar-refractivity contribution in [1.82, 2.24) is 0 Å². The molecule has 0 fully saturated rings. The summed E-state index contributed by atoms with van der Waals surface area (Å²) in [6.45, 7) is 4.71. The van der Waals surface area contributed by atoms with Gasteiger partial charge in [0.1, 0.15) is 0 Å². The Hall–Kier alpha value is -4.62. The van der Waals surface area contributed by atoms with Gasteiger partial charge in [-0.25, -0.2) is 0 Å². The van der Waals surface area contributed by atoms with Crippen LogP contribution >= 0.6 is 0 Å². The summed E-state index contributed by atoms with van der Waals surface area (Å²) in [4.78, 5) is 2.41. The minimum atomic E-state index is -0.0493. The van der Waals surface area contributed by atoms with Crippen LogP contribution in [0.2, 0.25) is 0 Å². The van der Waals surface area contributed by atoms with Crippen LogP contribution in [0.5, 0.6) is 0 Å². The Morgan fingerprint density at radius 2 is 1.16 bits per heavy atom. The normalized spacial score (nSPS) is 13.5. The molecule has 9 rings (SSSR count). The van der Waals surface area contributed by atoms with Gasteiger partial charge >= 0.3 is 234 Å². The van der Waals surface area contributed by atoms with Crippen LogP contribution < -0.4 is 4.90 Å². The van der Waals surface area contributed by atoms with Crippen molar-refractivity contribution in [3.8, 4) is 11.1 Å². The zero-order valence-electron chi connectivity index (χ0n) is 24.1. The first-order valence-electron chi connectivity index (χ1n) is 14.9.